The highest BCUT2D eigenvalue weighted by atomic mass is 16.5. The molecule has 1 unspecified atom stereocenters. The minimum Gasteiger partial charge on any atom is -0.387 e. The third-order valence-electron chi connectivity index (χ3n) is 10.9. The highest BCUT2D eigenvalue weighted by Gasteiger charge is 2.58. The van der Waals surface area contributed by atoms with Crippen LogP contribution in [0.3, 0.4) is 0 Å². The maximum atomic E-state index is 11.1. The summed E-state index contributed by atoms with van der Waals surface area (Å²) in [6.45, 7) is 8.16. The van der Waals surface area contributed by atoms with Crippen LogP contribution < -0.4 is 5.32 Å². The number of hydrogen-bond donors (Lipinski definition) is 2. The molecule has 0 radical (unpaired) electrons. The van der Waals surface area contributed by atoms with Crippen molar-refractivity contribution in [3.05, 3.63) is 24.0 Å². The van der Waals surface area contributed by atoms with Gasteiger partial charge in [-0.05, 0) is 124 Å². The van der Waals surface area contributed by atoms with E-state index in [0.29, 0.717) is 42.2 Å². The molecule has 4 aliphatic carbocycles. The van der Waals surface area contributed by atoms with E-state index in [0.717, 1.165) is 48.6 Å². The van der Waals surface area contributed by atoms with Crippen molar-refractivity contribution < 1.29 is 9.84 Å². The lowest BCUT2D eigenvalue weighted by Crippen LogP contribution is -2.52. The fourth-order valence-electron chi connectivity index (χ4n) is 9.33. The van der Waals surface area contributed by atoms with E-state index >= 15 is 0 Å². The molecule has 4 aliphatic rings. The number of hydrogen-bond acceptors (Lipinski definition) is 5. The summed E-state index contributed by atoms with van der Waals surface area (Å²) in [6, 6.07) is 6.40. The van der Waals surface area contributed by atoms with E-state index in [9.17, 15) is 5.11 Å². The standard InChI is InChI=1S/C30H45N3O2/c1-4-28(33-22-8-7-21(17-31)32-18-22)27-11-10-26-25-9-6-20-16-30(34,19-35-5-2)15-13-23(20)24(25)12-14-29(26,27)3/h7-8,18,20,23-28,33-34H,4-6,9-16,19H2,1-3H3/t20-,23+,24-,25-,26+,27-,28?,29+,30-/m1/s1. The van der Waals surface area contributed by atoms with Crippen molar-refractivity contribution in [1.82, 2.24) is 4.98 Å². The van der Waals surface area contributed by atoms with E-state index in [1.54, 1.807) is 0 Å². The van der Waals surface area contributed by atoms with E-state index in [4.69, 9.17) is 10.00 Å². The first-order valence-electron chi connectivity index (χ1n) is 14.3. The molecule has 5 rings (SSSR count). The molecule has 1 aromatic heterocycles. The average Bonchev–Trinajstić information content (AvgIpc) is 3.23. The van der Waals surface area contributed by atoms with Gasteiger partial charge in [0.1, 0.15) is 11.8 Å². The zero-order chi connectivity index (χ0) is 24.6. The largest absolute Gasteiger partial charge is 0.387 e. The quantitative estimate of drug-likeness (QED) is 0.488. The Balaban J connectivity index is 1.27. The Bertz CT molecular complexity index is 913. The van der Waals surface area contributed by atoms with Crippen LogP contribution in [0.1, 0.15) is 90.7 Å². The van der Waals surface area contributed by atoms with Crippen LogP contribution in [0.5, 0.6) is 0 Å². The number of nitrogens with zero attached hydrogens (tertiary/aromatic N) is 2. The molecule has 1 aromatic rings. The normalized spacial score (nSPS) is 41.2. The number of nitrogens with one attached hydrogen (secondary N) is 1. The fourth-order valence-corrected chi connectivity index (χ4v) is 9.33. The first kappa shape index (κ1) is 25.0. The van der Waals surface area contributed by atoms with Crippen LogP contribution in [0, 0.1) is 52.3 Å². The zero-order valence-corrected chi connectivity index (χ0v) is 22.0. The second kappa shape index (κ2) is 10.0. The monoisotopic (exact) mass is 479 g/mol. The Morgan fingerprint density at radius 3 is 2.66 bits per heavy atom. The molecule has 9 atom stereocenters. The summed E-state index contributed by atoms with van der Waals surface area (Å²) in [4.78, 5) is 4.28. The van der Waals surface area contributed by atoms with Crippen molar-refractivity contribution in [2.75, 3.05) is 18.5 Å². The molecule has 4 saturated carbocycles. The van der Waals surface area contributed by atoms with Gasteiger partial charge in [0.05, 0.1) is 24.1 Å². The van der Waals surface area contributed by atoms with Crippen molar-refractivity contribution in [1.29, 1.82) is 5.26 Å². The van der Waals surface area contributed by atoms with Gasteiger partial charge in [-0.3, -0.25) is 0 Å². The number of pyridine rings is 1. The summed E-state index contributed by atoms with van der Waals surface area (Å²) in [5.41, 5.74) is 1.33. The second-order valence-corrected chi connectivity index (χ2v) is 12.5. The van der Waals surface area contributed by atoms with Crippen LogP contribution in [0.25, 0.3) is 0 Å². The van der Waals surface area contributed by atoms with Crippen LogP contribution in [-0.2, 0) is 4.74 Å². The first-order valence-corrected chi connectivity index (χ1v) is 14.3. The Labute approximate surface area is 212 Å². The van der Waals surface area contributed by atoms with Crippen LogP contribution in [0.4, 0.5) is 5.69 Å². The number of nitriles is 1. The summed E-state index contributed by atoms with van der Waals surface area (Å²) in [7, 11) is 0. The lowest BCUT2D eigenvalue weighted by atomic mass is 9.48. The van der Waals surface area contributed by atoms with Gasteiger partial charge >= 0.3 is 0 Å². The van der Waals surface area contributed by atoms with Gasteiger partial charge in [-0.1, -0.05) is 13.8 Å². The van der Waals surface area contributed by atoms with Crippen LogP contribution in [0.15, 0.2) is 18.3 Å². The number of aromatic nitrogens is 1. The molecular formula is C30H45N3O2. The van der Waals surface area contributed by atoms with Crippen molar-refractivity contribution >= 4 is 5.69 Å². The van der Waals surface area contributed by atoms with Crippen LogP contribution >= 0.6 is 0 Å². The molecule has 0 aliphatic heterocycles. The Morgan fingerprint density at radius 1 is 1.11 bits per heavy atom. The highest BCUT2D eigenvalue weighted by Crippen LogP contribution is 2.65. The van der Waals surface area contributed by atoms with Gasteiger partial charge in [0.25, 0.3) is 0 Å². The van der Waals surface area contributed by atoms with Crippen LogP contribution in [-0.4, -0.2) is 34.9 Å². The number of aliphatic hydroxyl groups is 1. The Kier molecular flexibility index (Phi) is 7.16. The third kappa shape index (κ3) is 4.62. The number of fused-ring (bicyclic) bond motifs is 5. The van der Waals surface area contributed by atoms with Crippen LogP contribution in [0.2, 0.25) is 0 Å². The molecule has 1 heterocycles. The molecule has 0 saturated heterocycles. The predicted octanol–water partition coefficient (Wildman–Crippen LogP) is 6.18. The summed E-state index contributed by atoms with van der Waals surface area (Å²) in [5, 5.41) is 24.0. The SMILES string of the molecule is CCOC[C@@]1(O)CC[C@H]2[C@H](CC[C@@H]3[C@@H]2CC[C@]2(C)[C@@H](C(CC)Nc4ccc(C#N)nc4)CC[C@@H]32)C1. The summed E-state index contributed by atoms with van der Waals surface area (Å²) < 4.78 is 5.66. The van der Waals surface area contributed by atoms with Gasteiger partial charge in [-0.2, -0.15) is 5.26 Å². The molecule has 2 N–H and O–H groups in total. The second-order valence-electron chi connectivity index (χ2n) is 12.5. The highest BCUT2D eigenvalue weighted by molar-refractivity contribution is 5.44. The summed E-state index contributed by atoms with van der Waals surface area (Å²) in [5.74, 6) is 4.75. The third-order valence-corrected chi connectivity index (χ3v) is 10.9. The smallest absolute Gasteiger partial charge is 0.140 e. The Morgan fingerprint density at radius 2 is 1.94 bits per heavy atom. The number of ether oxygens (including phenoxy) is 1. The van der Waals surface area contributed by atoms with Gasteiger partial charge in [0, 0.05) is 12.6 Å². The Hall–Kier alpha value is -1.64. The van der Waals surface area contributed by atoms with Gasteiger partial charge in [0.2, 0.25) is 0 Å². The number of anilines is 1. The van der Waals surface area contributed by atoms with Gasteiger partial charge < -0.3 is 15.2 Å². The van der Waals surface area contributed by atoms with E-state index in [2.05, 4.69) is 30.2 Å². The lowest BCUT2D eigenvalue weighted by molar-refractivity contribution is -0.128. The van der Waals surface area contributed by atoms with E-state index in [-0.39, 0.29) is 0 Å². The molecule has 5 heteroatoms. The number of rotatable bonds is 7. The van der Waals surface area contributed by atoms with Crippen molar-refractivity contribution in [3.63, 3.8) is 0 Å². The van der Waals surface area contributed by atoms with Gasteiger partial charge in [-0.15, -0.1) is 0 Å². The van der Waals surface area contributed by atoms with E-state index in [1.165, 1.54) is 44.9 Å². The van der Waals surface area contributed by atoms with Crippen molar-refractivity contribution in [3.8, 4) is 6.07 Å². The molecule has 0 amide bonds. The van der Waals surface area contributed by atoms with E-state index in [1.807, 2.05) is 25.3 Å². The van der Waals surface area contributed by atoms with Crippen molar-refractivity contribution in [2.24, 2.45) is 40.9 Å². The minimum absolute atomic E-state index is 0.409. The maximum Gasteiger partial charge on any atom is 0.140 e. The minimum atomic E-state index is -0.591. The molecule has 0 bridgehead atoms. The average molecular weight is 480 g/mol. The molecule has 0 spiro atoms. The molecule has 4 fully saturated rings. The van der Waals surface area contributed by atoms with E-state index < -0.39 is 5.60 Å². The molecule has 192 valence electrons. The maximum absolute atomic E-state index is 11.1. The molecule has 5 nitrogen and oxygen atoms in total. The summed E-state index contributed by atoms with van der Waals surface area (Å²) in [6.07, 6.45) is 14.1. The zero-order valence-electron chi connectivity index (χ0n) is 22.0. The predicted molar refractivity (Wildman–Crippen MR) is 139 cm³/mol. The van der Waals surface area contributed by atoms with Gasteiger partial charge in [0.15, 0.2) is 0 Å². The van der Waals surface area contributed by atoms with Crippen molar-refractivity contribution in [2.45, 2.75) is 96.6 Å². The first-order chi connectivity index (χ1) is 16.9. The fraction of sp³-hybridized carbons (Fsp3) is 0.800. The molecule has 35 heavy (non-hydrogen) atoms. The molecule has 0 aromatic carbocycles. The van der Waals surface area contributed by atoms with Gasteiger partial charge in [-0.25, -0.2) is 4.98 Å². The molecular weight excluding hydrogens is 434 g/mol. The lowest BCUT2D eigenvalue weighted by Gasteiger charge is -2.57. The topological polar surface area (TPSA) is 78.2 Å². The summed E-state index contributed by atoms with van der Waals surface area (Å²) >= 11 is 0.